The summed E-state index contributed by atoms with van der Waals surface area (Å²) in [4.78, 5) is 15.7. The summed E-state index contributed by atoms with van der Waals surface area (Å²) in [6.45, 7) is 0.0633. The molecule has 3 rings (SSSR count). The molecular weight excluding hydrogens is 284 g/mol. The first-order valence-electron chi connectivity index (χ1n) is 5.86. The van der Waals surface area contributed by atoms with Crippen LogP contribution in [0.2, 0.25) is 0 Å². The van der Waals surface area contributed by atoms with Crippen LogP contribution in [0.4, 0.5) is 0 Å². The molecule has 20 heavy (non-hydrogen) atoms. The predicted octanol–water partition coefficient (Wildman–Crippen LogP) is -0.814. The molecule has 0 fully saturated rings. The van der Waals surface area contributed by atoms with Crippen LogP contribution in [0.15, 0.2) is 22.5 Å². The maximum Gasteiger partial charge on any atom is 0.369 e. The van der Waals surface area contributed by atoms with Crippen LogP contribution in [0.3, 0.4) is 0 Å². The Morgan fingerprint density at radius 1 is 1.50 bits per heavy atom. The Hall–Kier alpha value is -2.69. The summed E-state index contributed by atoms with van der Waals surface area (Å²) in [6, 6.07) is 0. The van der Waals surface area contributed by atoms with Gasteiger partial charge in [-0.2, -0.15) is 4.68 Å². The van der Waals surface area contributed by atoms with Gasteiger partial charge in [-0.15, -0.1) is 14.9 Å². The van der Waals surface area contributed by atoms with Crippen LogP contribution in [0.25, 0.3) is 5.82 Å². The van der Waals surface area contributed by atoms with Gasteiger partial charge in [-0.3, -0.25) is 0 Å². The molecule has 0 aliphatic rings. The van der Waals surface area contributed by atoms with Gasteiger partial charge in [0.15, 0.2) is 5.82 Å². The fourth-order valence-corrected chi connectivity index (χ4v) is 1.84. The molecule has 102 valence electrons. The topological polar surface area (TPSA) is 113 Å². The highest BCUT2D eigenvalue weighted by Crippen LogP contribution is 2.16. The Morgan fingerprint density at radius 3 is 3.10 bits per heavy atom. The minimum Gasteiger partial charge on any atom is -0.465 e. The monoisotopic (exact) mass is 294 g/mol. The molecular formula is C9H8N8O2S. The van der Waals surface area contributed by atoms with E-state index in [9.17, 15) is 4.79 Å². The zero-order valence-corrected chi connectivity index (χ0v) is 11.0. The molecule has 3 heterocycles. The Morgan fingerprint density at radius 2 is 2.40 bits per heavy atom. The largest absolute Gasteiger partial charge is 0.465 e. The van der Waals surface area contributed by atoms with Crippen LogP contribution >= 0.6 is 11.3 Å². The summed E-state index contributed by atoms with van der Waals surface area (Å²) < 4.78 is 14.8. The molecule has 0 unspecified atom stereocenters. The highest BCUT2D eigenvalue weighted by molar-refractivity contribution is 7.11. The molecule has 0 amide bonds. The van der Waals surface area contributed by atoms with Gasteiger partial charge < -0.3 is 4.74 Å². The van der Waals surface area contributed by atoms with E-state index in [1.165, 1.54) is 24.6 Å². The van der Waals surface area contributed by atoms with Gasteiger partial charge in [0.25, 0.3) is 5.19 Å². The normalized spacial score (nSPS) is 11.3. The summed E-state index contributed by atoms with van der Waals surface area (Å²) in [7, 11) is 1.47. The maximum atomic E-state index is 11.8. The lowest BCUT2D eigenvalue weighted by atomic mass is 10.3. The van der Waals surface area contributed by atoms with Crippen molar-refractivity contribution >= 4 is 11.3 Å². The van der Waals surface area contributed by atoms with E-state index in [-0.39, 0.29) is 18.6 Å². The van der Waals surface area contributed by atoms with Crippen molar-refractivity contribution in [3.63, 3.8) is 0 Å². The van der Waals surface area contributed by atoms with Crippen molar-refractivity contribution in [1.29, 1.82) is 0 Å². The molecule has 0 atom stereocenters. The molecule has 3 aromatic rings. The van der Waals surface area contributed by atoms with Crippen molar-refractivity contribution in [3.8, 4) is 11.0 Å². The van der Waals surface area contributed by atoms with Gasteiger partial charge >= 0.3 is 5.69 Å². The molecule has 0 aliphatic carbocycles. The molecule has 0 N–H and O–H groups in total. The van der Waals surface area contributed by atoms with Gasteiger partial charge in [0, 0.05) is 18.6 Å². The van der Waals surface area contributed by atoms with Crippen molar-refractivity contribution < 1.29 is 6.11 Å². The fourth-order valence-electron chi connectivity index (χ4n) is 1.40. The summed E-state index contributed by atoms with van der Waals surface area (Å²) >= 11 is 1.20. The van der Waals surface area contributed by atoms with Crippen LogP contribution < -0.4 is 10.4 Å². The summed E-state index contributed by atoms with van der Waals surface area (Å²) in [6.07, 6.45) is 1.55. The number of nitrogens with zero attached hydrogens (tertiary/aromatic N) is 8. The predicted molar refractivity (Wildman–Crippen MR) is 66.4 cm³/mol. The lowest BCUT2D eigenvalue weighted by Crippen LogP contribution is -2.24. The van der Waals surface area contributed by atoms with Crippen LogP contribution in [-0.2, 0) is 13.7 Å². The van der Waals surface area contributed by atoms with E-state index >= 15 is 0 Å². The van der Waals surface area contributed by atoms with Crippen LogP contribution in [-0.4, -0.2) is 40.2 Å². The second-order valence-corrected chi connectivity index (χ2v) is 4.43. The third-order valence-corrected chi connectivity index (χ3v) is 2.97. The van der Waals surface area contributed by atoms with Crippen LogP contribution in [0.5, 0.6) is 5.19 Å². The van der Waals surface area contributed by atoms with Gasteiger partial charge in [-0.1, -0.05) is 11.3 Å². The Kier molecular flexibility index (Phi) is 2.86. The summed E-state index contributed by atoms with van der Waals surface area (Å²) in [5.74, 6) is 0.186. The number of aromatic nitrogens is 8. The lowest BCUT2D eigenvalue weighted by molar-refractivity contribution is 0.302. The molecule has 0 aliphatic heterocycles. The van der Waals surface area contributed by atoms with Gasteiger partial charge in [-0.25, -0.2) is 9.78 Å². The highest BCUT2D eigenvalue weighted by atomic mass is 32.1. The second kappa shape index (κ2) is 5.13. The zero-order chi connectivity index (χ0) is 14.8. The number of thiazole rings is 1. The number of rotatable bonds is 4. The number of aryl methyl sites for hydroxylation is 1. The van der Waals surface area contributed by atoms with Crippen LogP contribution in [0.1, 0.15) is 6.93 Å². The number of hydrogen-bond acceptors (Lipinski definition) is 9. The zero-order valence-electron chi connectivity index (χ0n) is 11.2. The molecule has 11 heteroatoms. The Labute approximate surface area is 117 Å². The van der Waals surface area contributed by atoms with Crippen LogP contribution in [0, 0.1) is 0 Å². The van der Waals surface area contributed by atoms with Crippen molar-refractivity contribution in [2.75, 3.05) is 0 Å². The lowest BCUT2D eigenvalue weighted by Gasteiger charge is -2.05. The number of tetrazole rings is 1. The fraction of sp³-hybridized carbons (Fsp3) is 0.222. The van der Waals surface area contributed by atoms with E-state index in [4.69, 9.17) is 6.11 Å². The number of hydrogen-bond donors (Lipinski definition) is 0. The average molecular weight is 294 g/mol. The van der Waals surface area contributed by atoms with Gasteiger partial charge in [-0.05, 0) is 15.6 Å². The number of ether oxygens (including phenoxy) is 1. The summed E-state index contributed by atoms with van der Waals surface area (Å²) in [5.41, 5.74) is 0.0359. The van der Waals surface area contributed by atoms with E-state index in [1.54, 1.807) is 5.38 Å². The molecule has 0 radical (unpaired) electrons. The molecule has 0 spiro atoms. The van der Waals surface area contributed by atoms with E-state index in [0.29, 0.717) is 10.8 Å². The first kappa shape index (κ1) is 11.2. The smallest absolute Gasteiger partial charge is 0.369 e. The third-order valence-electron chi connectivity index (χ3n) is 2.33. The maximum absolute atomic E-state index is 11.8. The first-order chi connectivity index (χ1) is 10.1. The molecule has 10 nitrogen and oxygen atoms in total. The van der Waals surface area contributed by atoms with E-state index in [0.717, 1.165) is 9.36 Å². The molecule has 3 aromatic heterocycles. The first-order valence-corrected chi connectivity index (χ1v) is 6.24. The minimum atomic E-state index is -0.459. The van der Waals surface area contributed by atoms with Crippen molar-refractivity contribution in [2.24, 2.45) is 7.05 Å². The van der Waals surface area contributed by atoms with Crippen molar-refractivity contribution in [2.45, 2.75) is 6.61 Å². The molecule has 0 bridgehead atoms. The summed E-state index contributed by atoms with van der Waals surface area (Å²) in [5, 5.41) is 20.1. The molecule has 0 saturated heterocycles. The van der Waals surface area contributed by atoms with Gasteiger partial charge in [0.2, 0.25) is 0 Å². The quantitative estimate of drug-likeness (QED) is 0.613. The Bertz CT molecular complexity index is 827. The third kappa shape index (κ3) is 2.25. The second-order valence-electron chi connectivity index (χ2n) is 3.61. The standard InChI is InChI=1S/C9H8N8O2S/c1-16-9(18)17(15-14-16)7-6(4-11-13-12-7)5-19-8-10-2-3-20-8/h2-4H,5H2,1H3/i2T. The van der Waals surface area contributed by atoms with Crippen molar-refractivity contribution in [3.05, 3.63) is 33.8 Å². The minimum absolute atomic E-state index is 0.0633. The SMILES string of the molecule is [3H]c1csc(OCc2cnnnc2-n2nnn(C)c2=O)n1. The van der Waals surface area contributed by atoms with Gasteiger partial charge in [0.05, 0.1) is 13.1 Å². The van der Waals surface area contributed by atoms with E-state index < -0.39 is 5.69 Å². The highest BCUT2D eigenvalue weighted by Gasteiger charge is 2.14. The Balaban J connectivity index is 1.89. The molecule has 0 aromatic carbocycles. The van der Waals surface area contributed by atoms with Crippen molar-refractivity contribution in [1.82, 2.24) is 40.2 Å². The average Bonchev–Trinajstić information content (AvgIpc) is 3.04. The van der Waals surface area contributed by atoms with Gasteiger partial charge in [0.1, 0.15) is 6.61 Å². The van der Waals surface area contributed by atoms with E-state index in [1.807, 2.05) is 0 Å². The molecule has 0 saturated carbocycles. The van der Waals surface area contributed by atoms with E-state index in [2.05, 4.69) is 30.8 Å².